The van der Waals surface area contributed by atoms with Crippen molar-refractivity contribution in [1.82, 2.24) is 9.55 Å². The summed E-state index contributed by atoms with van der Waals surface area (Å²) >= 11 is 0. The Morgan fingerprint density at radius 1 is 1.41 bits per heavy atom. The maximum atomic E-state index is 8.78. The van der Waals surface area contributed by atoms with Crippen LogP contribution in [0.1, 0.15) is 5.56 Å². The van der Waals surface area contributed by atoms with Gasteiger partial charge in [-0.05, 0) is 6.07 Å². The number of hydrogen-bond acceptors (Lipinski definition) is 3. The number of aromatic nitrogens is 2. The van der Waals surface area contributed by atoms with E-state index in [1.54, 1.807) is 12.5 Å². The van der Waals surface area contributed by atoms with Gasteiger partial charge in [0.25, 0.3) is 0 Å². The maximum Gasteiger partial charge on any atom is 0.402 e. The largest absolute Gasteiger partial charge is 0.465 e. The Balaban J connectivity index is 0.000000239. The summed E-state index contributed by atoms with van der Waals surface area (Å²) in [7, 11) is 0. The number of nitrogens with two attached hydrogens (primary N) is 1. The third kappa shape index (κ3) is 2.31. The van der Waals surface area contributed by atoms with Crippen LogP contribution in [0.25, 0.3) is 17.2 Å². The summed E-state index contributed by atoms with van der Waals surface area (Å²) in [5, 5.41) is 7.19. The molecule has 2 heterocycles. The Morgan fingerprint density at radius 3 is 2.94 bits per heavy atom. The second-order valence-electron chi connectivity index (χ2n) is 3.28. The van der Waals surface area contributed by atoms with Crippen molar-refractivity contribution in [3.05, 3.63) is 36.3 Å². The van der Waals surface area contributed by atoms with Crippen LogP contribution in [0.5, 0.6) is 0 Å². The number of carbonyl (C=O) groups is 1. The lowest BCUT2D eigenvalue weighted by Crippen LogP contribution is -2.03. The molecule has 0 bridgehead atoms. The molecular weight excluding hydrogens is 220 g/mol. The zero-order chi connectivity index (χ0) is 12.3. The Bertz CT molecular complexity index is 609. The van der Waals surface area contributed by atoms with Gasteiger partial charge in [0.15, 0.2) is 0 Å². The highest BCUT2D eigenvalue weighted by atomic mass is 16.4. The number of para-hydroxylation sites is 1. The van der Waals surface area contributed by atoms with Crippen LogP contribution < -0.4 is 5.73 Å². The fraction of sp³-hybridized carbons (Fsp3) is 0. The monoisotopic (exact) mass is 230 g/mol. The number of primary amides is 1. The minimum Gasteiger partial charge on any atom is -0.465 e. The van der Waals surface area contributed by atoms with Gasteiger partial charge in [0, 0.05) is 24.2 Å². The third-order valence-corrected chi connectivity index (χ3v) is 2.15. The van der Waals surface area contributed by atoms with E-state index in [1.807, 2.05) is 35.2 Å². The summed E-state index contributed by atoms with van der Waals surface area (Å²) in [5.41, 5.74) is 7.27. The van der Waals surface area contributed by atoms with Crippen LogP contribution in [0, 0.1) is 0 Å². The first-order valence-electron chi connectivity index (χ1n) is 4.82. The molecule has 86 valence electrons. The lowest BCUT2D eigenvalue weighted by atomic mass is 10.2. The fourth-order valence-corrected chi connectivity index (χ4v) is 1.57. The molecule has 1 aromatic carbocycles. The third-order valence-electron chi connectivity index (χ3n) is 2.15. The van der Waals surface area contributed by atoms with Gasteiger partial charge in [0.2, 0.25) is 0 Å². The minimum atomic E-state index is -1.33. The van der Waals surface area contributed by atoms with Crippen molar-refractivity contribution in [2.75, 3.05) is 0 Å². The summed E-state index contributed by atoms with van der Waals surface area (Å²) in [4.78, 5) is 17.2. The Morgan fingerprint density at radius 2 is 2.18 bits per heavy atom. The average molecular weight is 230 g/mol. The SMILES string of the molecule is C1=Cn2cnc3cccc(c32)C=N1.NC(=O)O. The molecule has 1 aliphatic heterocycles. The van der Waals surface area contributed by atoms with Crippen LogP contribution >= 0.6 is 0 Å². The normalized spacial score (nSPS) is 11.8. The van der Waals surface area contributed by atoms with Crippen molar-refractivity contribution in [2.45, 2.75) is 0 Å². The van der Waals surface area contributed by atoms with Crippen molar-refractivity contribution in [2.24, 2.45) is 10.7 Å². The first-order chi connectivity index (χ1) is 8.18. The smallest absolute Gasteiger partial charge is 0.402 e. The van der Waals surface area contributed by atoms with Crippen LogP contribution in [0.4, 0.5) is 4.79 Å². The molecule has 6 nitrogen and oxygen atoms in total. The molecule has 0 atom stereocenters. The number of rotatable bonds is 0. The van der Waals surface area contributed by atoms with Crippen molar-refractivity contribution in [1.29, 1.82) is 0 Å². The van der Waals surface area contributed by atoms with E-state index >= 15 is 0 Å². The summed E-state index contributed by atoms with van der Waals surface area (Å²) in [6.45, 7) is 0. The van der Waals surface area contributed by atoms with Gasteiger partial charge in [0.1, 0.15) is 0 Å². The van der Waals surface area contributed by atoms with E-state index in [1.165, 1.54) is 0 Å². The van der Waals surface area contributed by atoms with Crippen molar-refractivity contribution >= 4 is 29.5 Å². The molecule has 0 radical (unpaired) electrons. The number of hydrogen-bond donors (Lipinski definition) is 2. The topological polar surface area (TPSA) is 93.5 Å². The minimum absolute atomic E-state index is 1.01. The van der Waals surface area contributed by atoms with Gasteiger partial charge in [-0.3, -0.25) is 4.99 Å². The van der Waals surface area contributed by atoms with Gasteiger partial charge in [-0.1, -0.05) is 12.1 Å². The molecule has 0 aliphatic carbocycles. The maximum absolute atomic E-state index is 8.78. The van der Waals surface area contributed by atoms with Crippen LogP contribution in [0.15, 0.2) is 35.7 Å². The zero-order valence-electron chi connectivity index (χ0n) is 8.82. The highest BCUT2D eigenvalue weighted by molar-refractivity contribution is 5.98. The van der Waals surface area contributed by atoms with E-state index in [-0.39, 0.29) is 0 Å². The van der Waals surface area contributed by atoms with E-state index in [0.717, 1.165) is 16.6 Å². The first-order valence-corrected chi connectivity index (χ1v) is 4.82. The summed E-state index contributed by atoms with van der Waals surface area (Å²) in [6, 6.07) is 6.03. The standard InChI is InChI=1S/C10H7N3.CH3NO2/c1-2-8-6-11-4-5-13-7-12-9(3-1)10(8)13;2-1(3)4/h1-7H;2H2,(H,3,4). The molecule has 0 spiro atoms. The van der Waals surface area contributed by atoms with Gasteiger partial charge in [-0.15, -0.1) is 0 Å². The molecule has 1 amide bonds. The van der Waals surface area contributed by atoms with Crippen molar-refractivity contribution < 1.29 is 9.90 Å². The number of imidazole rings is 1. The van der Waals surface area contributed by atoms with Crippen LogP contribution in [-0.2, 0) is 0 Å². The molecule has 0 saturated heterocycles. The highest BCUT2D eigenvalue weighted by Gasteiger charge is 2.05. The van der Waals surface area contributed by atoms with Gasteiger partial charge >= 0.3 is 6.09 Å². The number of carboxylic acid groups (broad SMARTS) is 1. The summed E-state index contributed by atoms with van der Waals surface area (Å²) < 4.78 is 1.98. The Kier molecular flexibility index (Phi) is 2.87. The molecule has 1 aromatic heterocycles. The van der Waals surface area contributed by atoms with Gasteiger partial charge in [-0.2, -0.15) is 0 Å². The van der Waals surface area contributed by atoms with E-state index in [0.29, 0.717) is 0 Å². The Labute approximate surface area is 96.7 Å². The van der Waals surface area contributed by atoms with E-state index in [4.69, 9.17) is 9.90 Å². The predicted molar refractivity (Wildman–Crippen MR) is 64.9 cm³/mol. The molecule has 17 heavy (non-hydrogen) atoms. The number of nitrogens with zero attached hydrogens (tertiary/aromatic N) is 3. The molecule has 2 aromatic rings. The van der Waals surface area contributed by atoms with Gasteiger partial charge in [0.05, 0.1) is 17.4 Å². The molecule has 6 heteroatoms. The van der Waals surface area contributed by atoms with Crippen molar-refractivity contribution in [3.63, 3.8) is 0 Å². The van der Waals surface area contributed by atoms with E-state index in [9.17, 15) is 0 Å². The van der Waals surface area contributed by atoms with Crippen LogP contribution in [-0.4, -0.2) is 27.0 Å². The second kappa shape index (κ2) is 4.48. The number of aliphatic imine (C=N–C) groups is 1. The first kappa shape index (κ1) is 10.9. The predicted octanol–water partition coefficient (Wildman–Crippen LogP) is 1.52. The zero-order valence-corrected chi connectivity index (χ0v) is 8.82. The lowest BCUT2D eigenvalue weighted by Gasteiger charge is -1.96. The van der Waals surface area contributed by atoms with Crippen LogP contribution in [0.2, 0.25) is 0 Å². The summed E-state index contributed by atoms with van der Waals surface area (Å²) in [5.74, 6) is 0. The second-order valence-corrected chi connectivity index (χ2v) is 3.28. The number of amides is 1. The summed E-state index contributed by atoms with van der Waals surface area (Å²) in [6.07, 6.45) is 5.99. The highest BCUT2D eigenvalue weighted by Crippen LogP contribution is 2.18. The fourth-order valence-electron chi connectivity index (χ4n) is 1.57. The van der Waals surface area contributed by atoms with Crippen molar-refractivity contribution in [3.8, 4) is 0 Å². The molecule has 3 N–H and O–H groups in total. The molecule has 0 saturated carbocycles. The van der Waals surface area contributed by atoms with E-state index in [2.05, 4.69) is 15.7 Å². The van der Waals surface area contributed by atoms with Gasteiger partial charge < -0.3 is 15.4 Å². The lowest BCUT2D eigenvalue weighted by molar-refractivity contribution is 0.205. The quantitative estimate of drug-likeness (QED) is 0.718. The molecule has 0 unspecified atom stereocenters. The van der Waals surface area contributed by atoms with Crippen LogP contribution in [0.3, 0.4) is 0 Å². The van der Waals surface area contributed by atoms with E-state index < -0.39 is 6.09 Å². The number of benzene rings is 1. The Hall–Kier alpha value is -2.63. The molecule has 1 aliphatic rings. The molecule has 0 fully saturated rings. The molecule has 3 rings (SSSR count). The van der Waals surface area contributed by atoms with Gasteiger partial charge in [-0.25, -0.2) is 9.78 Å². The average Bonchev–Trinajstić information content (AvgIpc) is 2.55. The molecular formula is C11H10N4O2.